The van der Waals surface area contributed by atoms with Crippen LogP contribution in [0.25, 0.3) is 0 Å². The lowest BCUT2D eigenvalue weighted by Crippen LogP contribution is -2.28. The zero-order chi connectivity index (χ0) is 15.3. The van der Waals surface area contributed by atoms with Crippen molar-refractivity contribution in [1.29, 1.82) is 0 Å². The summed E-state index contributed by atoms with van der Waals surface area (Å²) in [5.41, 5.74) is 7.85. The number of aromatic amines is 1. The summed E-state index contributed by atoms with van der Waals surface area (Å²) >= 11 is 0. The number of hydrogen-bond acceptors (Lipinski definition) is 5. The number of aryl methyl sites for hydroxylation is 1. The van der Waals surface area contributed by atoms with Crippen molar-refractivity contribution in [3.05, 3.63) is 41.7 Å². The zero-order valence-electron chi connectivity index (χ0n) is 11.7. The van der Waals surface area contributed by atoms with E-state index in [9.17, 15) is 8.42 Å². The van der Waals surface area contributed by atoms with Gasteiger partial charge in [-0.05, 0) is 31.2 Å². The summed E-state index contributed by atoms with van der Waals surface area (Å²) in [4.78, 5) is 0. The fourth-order valence-corrected chi connectivity index (χ4v) is 2.47. The number of benzene rings is 1. The second-order valence-electron chi connectivity index (χ2n) is 4.58. The Kier molecular flexibility index (Phi) is 4.81. The Morgan fingerprint density at radius 1 is 1.33 bits per heavy atom. The highest BCUT2D eigenvalue weighted by molar-refractivity contribution is 7.89. The van der Waals surface area contributed by atoms with Crippen LogP contribution in [0, 0.1) is 6.92 Å². The molecule has 0 bridgehead atoms. The van der Waals surface area contributed by atoms with Crippen LogP contribution in [-0.2, 0) is 16.6 Å². The van der Waals surface area contributed by atoms with Gasteiger partial charge in [0.05, 0.1) is 11.9 Å². The molecule has 0 atom stereocenters. The molecular weight excluding hydrogens is 292 g/mol. The van der Waals surface area contributed by atoms with Gasteiger partial charge in [-0.15, -0.1) is 0 Å². The van der Waals surface area contributed by atoms with Gasteiger partial charge in [-0.2, -0.15) is 5.10 Å². The third-order valence-corrected chi connectivity index (χ3v) is 4.21. The van der Waals surface area contributed by atoms with Gasteiger partial charge < -0.3 is 10.5 Å². The van der Waals surface area contributed by atoms with Crippen molar-refractivity contribution in [3.8, 4) is 5.75 Å². The van der Waals surface area contributed by atoms with Crippen molar-refractivity contribution in [2.45, 2.75) is 13.5 Å². The van der Waals surface area contributed by atoms with E-state index in [0.29, 0.717) is 11.4 Å². The molecule has 0 aliphatic rings. The highest BCUT2D eigenvalue weighted by Gasteiger charge is 2.11. The van der Waals surface area contributed by atoms with Crippen LogP contribution >= 0.6 is 0 Å². The molecule has 7 nitrogen and oxygen atoms in total. The minimum Gasteiger partial charge on any atom is -0.492 e. The van der Waals surface area contributed by atoms with Crippen LogP contribution in [0.5, 0.6) is 5.75 Å². The van der Waals surface area contributed by atoms with E-state index in [1.807, 2.05) is 6.92 Å². The number of aromatic nitrogens is 2. The second kappa shape index (κ2) is 6.59. The molecule has 0 saturated heterocycles. The van der Waals surface area contributed by atoms with Crippen LogP contribution in [0.15, 0.2) is 30.5 Å². The van der Waals surface area contributed by atoms with Crippen molar-refractivity contribution < 1.29 is 13.2 Å². The average molecular weight is 310 g/mol. The molecule has 4 N–H and O–H groups in total. The predicted octanol–water partition coefficient (Wildman–Crippen LogP) is 0.799. The Balaban J connectivity index is 1.78. The first-order valence-electron chi connectivity index (χ1n) is 6.41. The molecule has 21 heavy (non-hydrogen) atoms. The normalized spacial score (nSPS) is 11.5. The number of H-pyrrole nitrogens is 1. The number of nitrogens with zero attached hydrogens (tertiary/aromatic N) is 1. The van der Waals surface area contributed by atoms with E-state index in [-0.39, 0.29) is 18.9 Å². The Morgan fingerprint density at radius 2 is 2.05 bits per heavy atom. The van der Waals surface area contributed by atoms with E-state index in [4.69, 9.17) is 10.5 Å². The van der Waals surface area contributed by atoms with Crippen molar-refractivity contribution in [1.82, 2.24) is 14.9 Å². The lowest BCUT2D eigenvalue weighted by molar-refractivity contribution is 0.340. The third kappa shape index (κ3) is 4.76. The maximum Gasteiger partial charge on any atom is 0.215 e. The molecule has 0 aliphatic heterocycles. The number of sulfonamides is 1. The van der Waals surface area contributed by atoms with Gasteiger partial charge in [0, 0.05) is 23.5 Å². The van der Waals surface area contributed by atoms with E-state index >= 15 is 0 Å². The van der Waals surface area contributed by atoms with Gasteiger partial charge in [0.15, 0.2) is 0 Å². The highest BCUT2D eigenvalue weighted by atomic mass is 32.2. The summed E-state index contributed by atoms with van der Waals surface area (Å²) in [7, 11) is -3.39. The second-order valence-corrected chi connectivity index (χ2v) is 6.50. The van der Waals surface area contributed by atoms with Crippen LogP contribution in [0.3, 0.4) is 0 Å². The standard InChI is InChI=1S/C13H18N4O3S/c1-10-11(8-15-17-10)9-16-21(18,19)7-6-20-13-4-2-12(14)3-5-13/h2-5,8,16H,6-7,9,14H2,1H3,(H,15,17). The zero-order valence-corrected chi connectivity index (χ0v) is 12.5. The van der Waals surface area contributed by atoms with Crippen LogP contribution < -0.4 is 15.2 Å². The molecule has 0 spiro atoms. The minimum atomic E-state index is -3.39. The van der Waals surface area contributed by atoms with E-state index in [2.05, 4.69) is 14.9 Å². The summed E-state index contributed by atoms with van der Waals surface area (Å²) < 4.78 is 31.6. The van der Waals surface area contributed by atoms with Crippen LogP contribution in [-0.4, -0.2) is 31.0 Å². The molecule has 8 heteroatoms. The van der Waals surface area contributed by atoms with Gasteiger partial charge in [0.25, 0.3) is 0 Å². The van der Waals surface area contributed by atoms with Gasteiger partial charge in [-0.1, -0.05) is 0 Å². The highest BCUT2D eigenvalue weighted by Crippen LogP contribution is 2.12. The first-order chi connectivity index (χ1) is 9.96. The Bertz CT molecular complexity index is 680. The van der Waals surface area contributed by atoms with Gasteiger partial charge in [-0.3, -0.25) is 5.10 Å². The number of rotatable bonds is 7. The van der Waals surface area contributed by atoms with E-state index < -0.39 is 10.0 Å². The van der Waals surface area contributed by atoms with E-state index in [0.717, 1.165) is 11.3 Å². The van der Waals surface area contributed by atoms with Crippen LogP contribution in [0.4, 0.5) is 5.69 Å². The summed E-state index contributed by atoms with van der Waals surface area (Å²) in [6, 6.07) is 6.79. The van der Waals surface area contributed by atoms with Crippen LogP contribution in [0.2, 0.25) is 0 Å². The quantitative estimate of drug-likeness (QED) is 0.655. The SMILES string of the molecule is Cc1[nH]ncc1CNS(=O)(=O)CCOc1ccc(N)cc1. The smallest absolute Gasteiger partial charge is 0.215 e. The third-order valence-electron chi connectivity index (χ3n) is 2.92. The Labute approximate surface area is 123 Å². The summed E-state index contributed by atoms with van der Waals surface area (Å²) in [5.74, 6) is 0.471. The van der Waals surface area contributed by atoms with Gasteiger partial charge >= 0.3 is 0 Å². The van der Waals surface area contributed by atoms with E-state index in [1.54, 1.807) is 30.5 Å². The maximum absolute atomic E-state index is 11.8. The van der Waals surface area contributed by atoms with Gasteiger partial charge in [0.1, 0.15) is 12.4 Å². The van der Waals surface area contributed by atoms with Gasteiger partial charge in [0.2, 0.25) is 10.0 Å². The fraction of sp³-hybridized carbons (Fsp3) is 0.308. The maximum atomic E-state index is 11.8. The largest absolute Gasteiger partial charge is 0.492 e. The average Bonchev–Trinajstić information content (AvgIpc) is 2.84. The number of nitrogen functional groups attached to an aromatic ring is 1. The van der Waals surface area contributed by atoms with Crippen molar-refractivity contribution >= 4 is 15.7 Å². The lowest BCUT2D eigenvalue weighted by atomic mass is 10.3. The van der Waals surface area contributed by atoms with Gasteiger partial charge in [-0.25, -0.2) is 13.1 Å². The number of ether oxygens (including phenoxy) is 1. The molecule has 0 amide bonds. The molecule has 1 aromatic carbocycles. The van der Waals surface area contributed by atoms with Crippen molar-refractivity contribution in [2.24, 2.45) is 0 Å². The van der Waals surface area contributed by atoms with Crippen molar-refractivity contribution in [3.63, 3.8) is 0 Å². The summed E-state index contributed by atoms with van der Waals surface area (Å²) in [6.07, 6.45) is 1.60. The fourth-order valence-electron chi connectivity index (χ4n) is 1.65. The topological polar surface area (TPSA) is 110 Å². The molecule has 114 valence electrons. The predicted molar refractivity (Wildman–Crippen MR) is 80.3 cm³/mol. The Morgan fingerprint density at radius 3 is 2.67 bits per heavy atom. The first kappa shape index (κ1) is 15.3. The van der Waals surface area contributed by atoms with Crippen LogP contribution in [0.1, 0.15) is 11.3 Å². The number of nitrogens with one attached hydrogen (secondary N) is 2. The molecule has 0 unspecified atom stereocenters. The molecule has 1 aromatic heterocycles. The van der Waals surface area contributed by atoms with E-state index in [1.165, 1.54) is 0 Å². The number of nitrogens with two attached hydrogens (primary N) is 1. The summed E-state index contributed by atoms with van der Waals surface area (Å²) in [5, 5.41) is 6.59. The molecule has 0 radical (unpaired) electrons. The molecule has 0 aliphatic carbocycles. The first-order valence-corrected chi connectivity index (χ1v) is 8.06. The number of anilines is 1. The number of hydrogen-bond donors (Lipinski definition) is 3. The lowest BCUT2D eigenvalue weighted by Gasteiger charge is -2.08. The molecule has 0 fully saturated rings. The summed E-state index contributed by atoms with van der Waals surface area (Å²) in [6.45, 7) is 2.12. The molecule has 1 heterocycles. The monoisotopic (exact) mass is 310 g/mol. The minimum absolute atomic E-state index is 0.0730. The van der Waals surface area contributed by atoms with Crippen molar-refractivity contribution in [2.75, 3.05) is 18.1 Å². The molecule has 0 saturated carbocycles. The Hall–Kier alpha value is -2.06. The molecule has 2 rings (SSSR count). The molecule has 2 aromatic rings. The molecular formula is C13H18N4O3S.